The zero-order valence-corrected chi connectivity index (χ0v) is 15.5. The minimum absolute atomic E-state index is 0.0748. The molecule has 2 aliphatic rings. The van der Waals surface area contributed by atoms with Crippen molar-refractivity contribution in [2.24, 2.45) is 0 Å². The van der Waals surface area contributed by atoms with Crippen LogP contribution in [0.3, 0.4) is 0 Å². The van der Waals surface area contributed by atoms with E-state index < -0.39 is 0 Å². The van der Waals surface area contributed by atoms with Gasteiger partial charge in [0, 0.05) is 44.3 Å². The van der Waals surface area contributed by atoms with E-state index in [1.54, 1.807) is 12.1 Å². The first-order chi connectivity index (χ1) is 12.8. The summed E-state index contributed by atoms with van der Waals surface area (Å²) in [5.74, 6) is 0.670. The Morgan fingerprint density at radius 2 is 1.42 bits per heavy atom. The van der Waals surface area contributed by atoms with Crippen LogP contribution < -0.4 is 0 Å². The summed E-state index contributed by atoms with van der Waals surface area (Å²) in [6.07, 6.45) is 5.24. The van der Waals surface area contributed by atoms with Gasteiger partial charge in [-0.25, -0.2) is 4.39 Å². The maximum absolute atomic E-state index is 13.9. The van der Waals surface area contributed by atoms with Gasteiger partial charge < -0.3 is 0 Å². The Morgan fingerprint density at radius 1 is 0.769 bits per heavy atom. The molecule has 0 bridgehead atoms. The van der Waals surface area contributed by atoms with Gasteiger partial charge in [0.15, 0.2) is 0 Å². The van der Waals surface area contributed by atoms with Crippen LogP contribution in [-0.4, -0.2) is 42.0 Å². The van der Waals surface area contributed by atoms with E-state index >= 15 is 0 Å². The lowest BCUT2D eigenvalue weighted by Crippen LogP contribution is -2.50. The smallest absolute Gasteiger partial charge is 0.127 e. The standard InChI is InChI=1S/C23H29FN2/c24-23-9-5-4-8-21(23)18-25-14-16-26(17-15-25)22-12-10-20(11-13-22)19-6-2-1-3-7-19/h1-9,20,22H,10-18H2. The number of piperazine rings is 1. The fourth-order valence-electron chi connectivity index (χ4n) is 4.65. The summed E-state index contributed by atoms with van der Waals surface area (Å²) in [5, 5.41) is 0. The van der Waals surface area contributed by atoms with Crippen LogP contribution in [0.25, 0.3) is 0 Å². The number of rotatable bonds is 4. The highest BCUT2D eigenvalue weighted by molar-refractivity contribution is 5.20. The summed E-state index contributed by atoms with van der Waals surface area (Å²) in [6, 6.07) is 18.9. The zero-order valence-electron chi connectivity index (χ0n) is 15.5. The Labute approximate surface area is 156 Å². The van der Waals surface area contributed by atoms with Crippen LogP contribution in [0.4, 0.5) is 4.39 Å². The Bertz CT molecular complexity index is 686. The average molecular weight is 352 g/mol. The molecule has 26 heavy (non-hydrogen) atoms. The Hall–Kier alpha value is -1.71. The zero-order chi connectivity index (χ0) is 17.8. The van der Waals surface area contributed by atoms with Crippen molar-refractivity contribution >= 4 is 0 Å². The van der Waals surface area contributed by atoms with Crippen molar-refractivity contribution < 1.29 is 4.39 Å². The highest BCUT2D eigenvalue weighted by atomic mass is 19.1. The van der Waals surface area contributed by atoms with Crippen molar-refractivity contribution in [1.29, 1.82) is 0 Å². The van der Waals surface area contributed by atoms with Crippen LogP contribution in [0.1, 0.15) is 42.7 Å². The molecule has 1 saturated carbocycles. The first kappa shape index (κ1) is 17.7. The maximum atomic E-state index is 13.9. The maximum Gasteiger partial charge on any atom is 0.127 e. The van der Waals surface area contributed by atoms with Gasteiger partial charge in [0.25, 0.3) is 0 Å². The number of benzene rings is 2. The van der Waals surface area contributed by atoms with Crippen LogP contribution >= 0.6 is 0 Å². The van der Waals surface area contributed by atoms with Crippen LogP contribution in [-0.2, 0) is 6.54 Å². The van der Waals surface area contributed by atoms with Crippen LogP contribution in [0.2, 0.25) is 0 Å². The molecule has 0 radical (unpaired) electrons. The molecular weight excluding hydrogens is 323 g/mol. The molecule has 0 amide bonds. The highest BCUT2D eigenvalue weighted by Gasteiger charge is 2.28. The topological polar surface area (TPSA) is 6.48 Å². The van der Waals surface area contributed by atoms with E-state index in [2.05, 4.69) is 40.1 Å². The van der Waals surface area contributed by atoms with E-state index in [-0.39, 0.29) is 5.82 Å². The summed E-state index contributed by atoms with van der Waals surface area (Å²) in [7, 11) is 0. The molecule has 2 fully saturated rings. The van der Waals surface area contributed by atoms with Gasteiger partial charge in [-0.1, -0.05) is 48.5 Å². The number of halogens is 1. The summed E-state index contributed by atoms with van der Waals surface area (Å²) in [5.41, 5.74) is 2.34. The molecule has 1 saturated heterocycles. The van der Waals surface area contributed by atoms with Crippen molar-refractivity contribution in [3.05, 3.63) is 71.5 Å². The third kappa shape index (κ3) is 4.16. The first-order valence-corrected chi connectivity index (χ1v) is 10.0. The molecule has 3 heteroatoms. The Morgan fingerprint density at radius 3 is 2.12 bits per heavy atom. The van der Waals surface area contributed by atoms with Crippen molar-refractivity contribution in [1.82, 2.24) is 9.80 Å². The van der Waals surface area contributed by atoms with Gasteiger partial charge in [0.1, 0.15) is 5.82 Å². The molecular formula is C23H29FN2. The van der Waals surface area contributed by atoms with Crippen molar-refractivity contribution in [3.8, 4) is 0 Å². The third-order valence-electron chi connectivity index (χ3n) is 6.24. The second-order valence-electron chi connectivity index (χ2n) is 7.82. The van der Waals surface area contributed by atoms with Gasteiger partial charge in [-0.2, -0.15) is 0 Å². The third-order valence-corrected chi connectivity index (χ3v) is 6.24. The van der Waals surface area contributed by atoms with E-state index in [0.717, 1.165) is 50.2 Å². The van der Waals surface area contributed by atoms with Crippen LogP contribution in [0, 0.1) is 5.82 Å². The molecule has 1 aliphatic heterocycles. The molecule has 4 rings (SSSR count). The molecule has 0 atom stereocenters. The fourth-order valence-corrected chi connectivity index (χ4v) is 4.65. The molecule has 2 aromatic rings. The summed E-state index contributed by atoms with van der Waals surface area (Å²) < 4.78 is 13.9. The number of hydrogen-bond donors (Lipinski definition) is 0. The largest absolute Gasteiger partial charge is 0.298 e. The predicted octanol–water partition coefficient (Wildman–Crippen LogP) is 4.67. The van der Waals surface area contributed by atoms with Crippen molar-refractivity contribution in [2.45, 2.75) is 44.2 Å². The average Bonchev–Trinajstić information content (AvgIpc) is 2.71. The van der Waals surface area contributed by atoms with E-state index in [4.69, 9.17) is 0 Å². The molecule has 0 N–H and O–H groups in total. The number of hydrogen-bond acceptors (Lipinski definition) is 2. The van der Waals surface area contributed by atoms with Crippen molar-refractivity contribution in [3.63, 3.8) is 0 Å². The lowest BCUT2D eigenvalue weighted by Gasteiger charge is -2.42. The monoisotopic (exact) mass is 352 g/mol. The molecule has 0 unspecified atom stereocenters. The van der Waals surface area contributed by atoms with E-state index in [0.29, 0.717) is 0 Å². The second kappa shape index (κ2) is 8.32. The first-order valence-electron chi connectivity index (χ1n) is 10.0. The lowest BCUT2D eigenvalue weighted by atomic mass is 9.81. The molecule has 0 spiro atoms. The highest BCUT2D eigenvalue weighted by Crippen LogP contribution is 2.35. The van der Waals surface area contributed by atoms with Crippen LogP contribution in [0.5, 0.6) is 0 Å². The molecule has 138 valence electrons. The lowest BCUT2D eigenvalue weighted by molar-refractivity contribution is 0.0722. The van der Waals surface area contributed by atoms with Crippen molar-refractivity contribution in [2.75, 3.05) is 26.2 Å². The molecule has 1 aliphatic carbocycles. The van der Waals surface area contributed by atoms with E-state index in [1.165, 1.54) is 31.2 Å². The molecule has 2 aromatic carbocycles. The van der Waals surface area contributed by atoms with E-state index in [1.807, 2.05) is 12.1 Å². The molecule has 0 aromatic heterocycles. The van der Waals surface area contributed by atoms with Gasteiger partial charge in [0.2, 0.25) is 0 Å². The fraction of sp³-hybridized carbons (Fsp3) is 0.478. The van der Waals surface area contributed by atoms with Crippen LogP contribution in [0.15, 0.2) is 54.6 Å². The SMILES string of the molecule is Fc1ccccc1CN1CCN(C2CCC(c3ccccc3)CC2)CC1. The summed E-state index contributed by atoms with van der Waals surface area (Å²) >= 11 is 0. The molecule has 2 nitrogen and oxygen atoms in total. The van der Waals surface area contributed by atoms with E-state index in [9.17, 15) is 4.39 Å². The Balaban J connectivity index is 1.25. The predicted molar refractivity (Wildman–Crippen MR) is 105 cm³/mol. The number of nitrogens with zero attached hydrogens (tertiary/aromatic N) is 2. The van der Waals surface area contributed by atoms with Gasteiger partial charge in [-0.15, -0.1) is 0 Å². The van der Waals surface area contributed by atoms with Gasteiger partial charge in [0.05, 0.1) is 0 Å². The van der Waals surface area contributed by atoms with Gasteiger partial charge in [-0.3, -0.25) is 9.80 Å². The quantitative estimate of drug-likeness (QED) is 0.789. The molecule has 1 heterocycles. The summed E-state index contributed by atoms with van der Waals surface area (Å²) in [6.45, 7) is 5.07. The minimum atomic E-state index is -0.0748. The van der Waals surface area contributed by atoms with Gasteiger partial charge >= 0.3 is 0 Å². The normalized spacial score (nSPS) is 25.3. The minimum Gasteiger partial charge on any atom is -0.298 e. The second-order valence-corrected chi connectivity index (χ2v) is 7.82. The summed E-state index contributed by atoms with van der Waals surface area (Å²) in [4.78, 5) is 5.07. The Kier molecular flexibility index (Phi) is 5.66. The van der Waals surface area contributed by atoms with Gasteiger partial charge in [-0.05, 0) is 43.2 Å².